The summed E-state index contributed by atoms with van der Waals surface area (Å²) in [6.45, 7) is 2.26. The molecule has 1 aliphatic rings. The van der Waals surface area contributed by atoms with E-state index in [9.17, 15) is 0 Å². The molecule has 1 aromatic carbocycles. The standard InChI is InChI=1S/C14H22N2OS2/c1-3-12-14(19-9-8-18-12)13(16-15)10-4-6-11(17-2)7-5-10/h4-7,12-14,16H,3,8-9,15H2,1-2H3. The Kier molecular flexibility index (Phi) is 5.88. The molecule has 0 aromatic heterocycles. The maximum absolute atomic E-state index is 5.82. The molecule has 1 saturated heterocycles. The van der Waals surface area contributed by atoms with Crippen molar-refractivity contribution in [3.8, 4) is 5.75 Å². The van der Waals surface area contributed by atoms with Crippen LogP contribution in [0.25, 0.3) is 0 Å². The van der Waals surface area contributed by atoms with Crippen molar-refractivity contribution in [1.82, 2.24) is 5.43 Å². The highest BCUT2D eigenvalue weighted by molar-refractivity contribution is 8.07. The maximum Gasteiger partial charge on any atom is 0.118 e. The first-order valence-electron chi connectivity index (χ1n) is 6.63. The molecule has 19 heavy (non-hydrogen) atoms. The summed E-state index contributed by atoms with van der Waals surface area (Å²) >= 11 is 4.12. The van der Waals surface area contributed by atoms with Crippen molar-refractivity contribution in [2.45, 2.75) is 29.9 Å². The minimum absolute atomic E-state index is 0.202. The summed E-state index contributed by atoms with van der Waals surface area (Å²) in [6.07, 6.45) is 1.19. The Balaban J connectivity index is 2.17. The van der Waals surface area contributed by atoms with E-state index >= 15 is 0 Å². The van der Waals surface area contributed by atoms with Crippen molar-refractivity contribution in [3.05, 3.63) is 29.8 Å². The van der Waals surface area contributed by atoms with Gasteiger partial charge >= 0.3 is 0 Å². The van der Waals surface area contributed by atoms with Crippen molar-refractivity contribution in [1.29, 1.82) is 0 Å². The fraction of sp³-hybridized carbons (Fsp3) is 0.571. The first-order valence-corrected chi connectivity index (χ1v) is 8.73. The Morgan fingerprint density at radius 2 is 2.00 bits per heavy atom. The van der Waals surface area contributed by atoms with Crippen molar-refractivity contribution >= 4 is 23.5 Å². The zero-order valence-corrected chi connectivity index (χ0v) is 13.1. The lowest BCUT2D eigenvalue weighted by Crippen LogP contribution is -2.41. The van der Waals surface area contributed by atoms with E-state index in [1.54, 1.807) is 7.11 Å². The normalized spacial score (nSPS) is 25.0. The SMILES string of the molecule is CCC1SCCSC1C(NN)c1ccc(OC)cc1. The lowest BCUT2D eigenvalue weighted by atomic mass is 10.0. The van der Waals surface area contributed by atoms with Gasteiger partial charge in [-0.3, -0.25) is 11.3 Å². The number of methoxy groups -OCH3 is 1. The molecule has 0 radical (unpaired) electrons. The van der Waals surface area contributed by atoms with Crippen LogP contribution in [0.5, 0.6) is 5.75 Å². The quantitative estimate of drug-likeness (QED) is 0.646. The van der Waals surface area contributed by atoms with Crippen LogP contribution in [-0.2, 0) is 0 Å². The first-order chi connectivity index (χ1) is 9.30. The molecule has 3 unspecified atom stereocenters. The molecule has 0 aliphatic carbocycles. The summed E-state index contributed by atoms with van der Waals surface area (Å²) in [5.41, 5.74) is 4.25. The highest BCUT2D eigenvalue weighted by Gasteiger charge is 2.32. The number of thioether (sulfide) groups is 2. The second-order valence-electron chi connectivity index (χ2n) is 4.57. The number of hydrogen-bond donors (Lipinski definition) is 2. The minimum atomic E-state index is 0.202. The Labute approximate surface area is 124 Å². The number of ether oxygens (including phenoxy) is 1. The minimum Gasteiger partial charge on any atom is -0.497 e. The molecule has 5 heteroatoms. The van der Waals surface area contributed by atoms with Gasteiger partial charge in [-0.1, -0.05) is 19.1 Å². The third-order valence-corrected chi connectivity index (χ3v) is 6.83. The molecule has 1 aliphatic heterocycles. The van der Waals surface area contributed by atoms with Gasteiger partial charge in [0.05, 0.1) is 13.2 Å². The van der Waals surface area contributed by atoms with Crippen molar-refractivity contribution in [3.63, 3.8) is 0 Å². The van der Waals surface area contributed by atoms with Crippen LogP contribution in [0.15, 0.2) is 24.3 Å². The Hall–Kier alpha value is -0.360. The van der Waals surface area contributed by atoms with Crippen LogP contribution in [0.4, 0.5) is 0 Å². The average molecular weight is 298 g/mol. The molecule has 0 spiro atoms. The molecule has 0 bridgehead atoms. The second kappa shape index (κ2) is 7.43. The van der Waals surface area contributed by atoms with Gasteiger partial charge in [-0.25, -0.2) is 0 Å². The van der Waals surface area contributed by atoms with Crippen LogP contribution in [0, 0.1) is 0 Å². The van der Waals surface area contributed by atoms with Crippen LogP contribution < -0.4 is 16.0 Å². The molecule has 1 fully saturated rings. The van der Waals surface area contributed by atoms with Crippen molar-refractivity contribution in [2.24, 2.45) is 5.84 Å². The molecule has 3 N–H and O–H groups in total. The number of hydrazine groups is 1. The lowest BCUT2D eigenvalue weighted by Gasteiger charge is -2.35. The van der Waals surface area contributed by atoms with E-state index in [0.29, 0.717) is 10.5 Å². The van der Waals surface area contributed by atoms with Crippen LogP contribution in [-0.4, -0.2) is 29.1 Å². The molecule has 3 atom stereocenters. The summed E-state index contributed by atoms with van der Waals surface area (Å²) in [4.78, 5) is 0. The van der Waals surface area contributed by atoms with E-state index in [1.807, 2.05) is 23.9 Å². The van der Waals surface area contributed by atoms with E-state index < -0.39 is 0 Å². The average Bonchev–Trinajstić information content (AvgIpc) is 2.49. The number of nitrogens with two attached hydrogens (primary N) is 1. The molecular formula is C14H22N2OS2. The largest absolute Gasteiger partial charge is 0.497 e. The summed E-state index contributed by atoms with van der Waals surface area (Å²) in [6, 6.07) is 8.42. The molecule has 0 amide bonds. The summed E-state index contributed by atoms with van der Waals surface area (Å²) in [7, 11) is 1.69. The van der Waals surface area contributed by atoms with Crippen LogP contribution in [0.1, 0.15) is 24.9 Å². The molecular weight excluding hydrogens is 276 g/mol. The number of nitrogens with one attached hydrogen (secondary N) is 1. The number of benzene rings is 1. The van der Waals surface area contributed by atoms with E-state index in [0.717, 1.165) is 5.75 Å². The van der Waals surface area contributed by atoms with Crippen LogP contribution >= 0.6 is 23.5 Å². The van der Waals surface area contributed by atoms with Gasteiger partial charge in [0.15, 0.2) is 0 Å². The van der Waals surface area contributed by atoms with Gasteiger partial charge in [-0.05, 0) is 24.1 Å². The molecule has 1 heterocycles. The smallest absolute Gasteiger partial charge is 0.118 e. The Morgan fingerprint density at radius 3 is 2.58 bits per heavy atom. The molecule has 3 nitrogen and oxygen atoms in total. The molecule has 1 aromatic rings. The van der Waals surface area contributed by atoms with Crippen LogP contribution in [0.3, 0.4) is 0 Å². The van der Waals surface area contributed by atoms with Gasteiger partial charge in [0, 0.05) is 22.0 Å². The third kappa shape index (κ3) is 3.60. The summed E-state index contributed by atoms with van der Waals surface area (Å²) in [5.74, 6) is 9.16. The maximum atomic E-state index is 5.82. The van der Waals surface area contributed by atoms with E-state index in [-0.39, 0.29) is 6.04 Å². The fourth-order valence-corrected chi connectivity index (χ4v) is 5.67. The van der Waals surface area contributed by atoms with Gasteiger partial charge < -0.3 is 4.74 Å². The summed E-state index contributed by atoms with van der Waals surface area (Å²) < 4.78 is 5.21. The highest BCUT2D eigenvalue weighted by atomic mass is 32.2. The van der Waals surface area contributed by atoms with E-state index in [2.05, 4.69) is 36.2 Å². The van der Waals surface area contributed by atoms with E-state index in [4.69, 9.17) is 10.6 Å². The first kappa shape index (κ1) is 15.0. The van der Waals surface area contributed by atoms with Gasteiger partial charge in [0.2, 0.25) is 0 Å². The van der Waals surface area contributed by atoms with Crippen molar-refractivity contribution < 1.29 is 4.74 Å². The van der Waals surface area contributed by atoms with Gasteiger partial charge in [-0.15, -0.1) is 0 Å². The molecule has 2 rings (SSSR count). The Morgan fingerprint density at radius 1 is 1.32 bits per heavy atom. The highest BCUT2D eigenvalue weighted by Crippen LogP contribution is 2.40. The van der Waals surface area contributed by atoms with E-state index in [1.165, 1.54) is 23.5 Å². The number of rotatable bonds is 5. The Bertz CT molecular complexity index is 386. The monoisotopic (exact) mass is 298 g/mol. The topological polar surface area (TPSA) is 47.3 Å². The zero-order chi connectivity index (χ0) is 13.7. The van der Waals surface area contributed by atoms with Gasteiger partial charge in [0.25, 0.3) is 0 Å². The molecule has 0 saturated carbocycles. The predicted octanol–water partition coefficient (Wildman–Crippen LogP) is 2.83. The van der Waals surface area contributed by atoms with Gasteiger partial charge in [-0.2, -0.15) is 23.5 Å². The number of hydrogen-bond acceptors (Lipinski definition) is 5. The summed E-state index contributed by atoms with van der Waals surface area (Å²) in [5, 5.41) is 1.20. The predicted molar refractivity (Wildman–Crippen MR) is 85.8 cm³/mol. The molecule has 106 valence electrons. The third-order valence-electron chi connectivity index (χ3n) is 3.48. The lowest BCUT2D eigenvalue weighted by molar-refractivity contribution is 0.414. The zero-order valence-electron chi connectivity index (χ0n) is 11.5. The van der Waals surface area contributed by atoms with Crippen LogP contribution in [0.2, 0.25) is 0 Å². The fourth-order valence-electron chi connectivity index (χ4n) is 2.44. The van der Waals surface area contributed by atoms with Gasteiger partial charge in [0.1, 0.15) is 5.75 Å². The van der Waals surface area contributed by atoms with Crippen molar-refractivity contribution in [2.75, 3.05) is 18.6 Å². The second-order valence-corrected chi connectivity index (χ2v) is 7.20.